The maximum Gasteiger partial charge on any atom is 0.224 e. The number of aliphatic hydroxyl groups excluding tert-OH is 2. The standard InChI is InChI=1S/C13H18N6O4/c1-2-3-22-9-8(21)6(4-20)23-12(9)19-5-16-7-10(14)17-13(15)18-11(7)19/h2,5-6,8-9,12,20-21H,1,3-4H2,(H4,14,15,17,18). The van der Waals surface area contributed by atoms with E-state index in [2.05, 4.69) is 21.5 Å². The number of anilines is 2. The van der Waals surface area contributed by atoms with Crippen LogP contribution in [-0.2, 0) is 9.47 Å². The van der Waals surface area contributed by atoms with E-state index < -0.39 is 24.5 Å². The second-order valence-electron chi connectivity index (χ2n) is 5.12. The van der Waals surface area contributed by atoms with Gasteiger partial charge in [-0.1, -0.05) is 6.08 Å². The molecule has 0 radical (unpaired) electrons. The van der Waals surface area contributed by atoms with Gasteiger partial charge in [-0.25, -0.2) is 4.98 Å². The molecule has 4 unspecified atom stereocenters. The number of nitrogens with zero attached hydrogens (tertiary/aromatic N) is 4. The molecule has 1 aliphatic heterocycles. The SMILES string of the molecule is C=CCOC1C(O)C(CO)OC1n1cnc2c(N)nc(N)nc21. The van der Waals surface area contributed by atoms with E-state index in [0.717, 1.165) is 0 Å². The van der Waals surface area contributed by atoms with Gasteiger partial charge in [0, 0.05) is 0 Å². The van der Waals surface area contributed by atoms with Gasteiger partial charge in [0.15, 0.2) is 17.7 Å². The zero-order valence-electron chi connectivity index (χ0n) is 12.2. The van der Waals surface area contributed by atoms with E-state index in [1.807, 2.05) is 0 Å². The van der Waals surface area contributed by atoms with E-state index in [0.29, 0.717) is 11.2 Å². The summed E-state index contributed by atoms with van der Waals surface area (Å²) in [6.07, 6.45) is -0.278. The van der Waals surface area contributed by atoms with Crippen LogP contribution in [0.3, 0.4) is 0 Å². The van der Waals surface area contributed by atoms with Crippen LogP contribution in [0.2, 0.25) is 0 Å². The van der Waals surface area contributed by atoms with Gasteiger partial charge in [0.2, 0.25) is 5.95 Å². The molecule has 2 aromatic rings. The fraction of sp³-hybridized carbons (Fsp3) is 0.462. The lowest BCUT2D eigenvalue weighted by Gasteiger charge is -2.21. The summed E-state index contributed by atoms with van der Waals surface area (Å²) in [6.45, 7) is 3.44. The maximum atomic E-state index is 10.3. The molecule has 0 bridgehead atoms. The monoisotopic (exact) mass is 322 g/mol. The molecule has 2 aromatic heterocycles. The molecule has 0 aliphatic carbocycles. The van der Waals surface area contributed by atoms with Crippen molar-refractivity contribution in [3.05, 3.63) is 19.0 Å². The third-order valence-corrected chi connectivity index (χ3v) is 3.64. The fourth-order valence-corrected chi connectivity index (χ4v) is 2.59. The first-order valence-corrected chi connectivity index (χ1v) is 6.99. The summed E-state index contributed by atoms with van der Waals surface area (Å²) in [7, 11) is 0. The van der Waals surface area contributed by atoms with Gasteiger partial charge < -0.3 is 31.2 Å². The minimum Gasteiger partial charge on any atom is -0.394 e. The van der Waals surface area contributed by atoms with Crippen molar-refractivity contribution < 1.29 is 19.7 Å². The zero-order valence-corrected chi connectivity index (χ0v) is 12.2. The highest BCUT2D eigenvalue weighted by Gasteiger charge is 2.45. The first-order chi connectivity index (χ1) is 11.1. The smallest absolute Gasteiger partial charge is 0.224 e. The van der Waals surface area contributed by atoms with Crippen molar-refractivity contribution in [2.45, 2.75) is 24.5 Å². The number of nitrogens with two attached hydrogens (primary N) is 2. The van der Waals surface area contributed by atoms with Gasteiger partial charge in [-0.2, -0.15) is 9.97 Å². The molecule has 6 N–H and O–H groups in total. The van der Waals surface area contributed by atoms with Crippen molar-refractivity contribution in [3.8, 4) is 0 Å². The Kier molecular flexibility index (Phi) is 4.13. The molecule has 4 atom stereocenters. The van der Waals surface area contributed by atoms with Crippen LogP contribution in [0.1, 0.15) is 6.23 Å². The first kappa shape index (κ1) is 15.6. The van der Waals surface area contributed by atoms with Crippen molar-refractivity contribution in [1.82, 2.24) is 19.5 Å². The molecule has 10 nitrogen and oxygen atoms in total. The Balaban J connectivity index is 2.03. The Hall–Kier alpha value is -2.27. The van der Waals surface area contributed by atoms with E-state index >= 15 is 0 Å². The number of ether oxygens (including phenoxy) is 2. The van der Waals surface area contributed by atoms with Gasteiger partial charge in [0.25, 0.3) is 0 Å². The highest BCUT2D eigenvalue weighted by molar-refractivity contribution is 5.82. The molecule has 0 saturated carbocycles. The van der Waals surface area contributed by atoms with Gasteiger partial charge in [0.05, 0.1) is 19.5 Å². The topological polar surface area (TPSA) is 155 Å². The Morgan fingerprint density at radius 1 is 1.43 bits per heavy atom. The maximum absolute atomic E-state index is 10.3. The number of hydrogen-bond donors (Lipinski definition) is 4. The van der Waals surface area contributed by atoms with Gasteiger partial charge >= 0.3 is 0 Å². The predicted molar refractivity (Wildman–Crippen MR) is 81.1 cm³/mol. The molecular weight excluding hydrogens is 304 g/mol. The largest absolute Gasteiger partial charge is 0.394 e. The number of imidazole rings is 1. The van der Waals surface area contributed by atoms with Crippen LogP contribution in [0.25, 0.3) is 11.2 Å². The summed E-state index contributed by atoms with van der Waals surface area (Å²) >= 11 is 0. The fourth-order valence-electron chi connectivity index (χ4n) is 2.59. The van der Waals surface area contributed by atoms with Crippen LogP contribution in [0.15, 0.2) is 19.0 Å². The van der Waals surface area contributed by atoms with Gasteiger partial charge in [-0.3, -0.25) is 4.57 Å². The Morgan fingerprint density at radius 2 is 2.22 bits per heavy atom. The lowest BCUT2D eigenvalue weighted by atomic mass is 10.1. The summed E-state index contributed by atoms with van der Waals surface area (Å²) in [5.74, 6) is 0.143. The predicted octanol–water partition coefficient (Wildman–Crippen LogP) is -1.19. The van der Waals surface area contributed by atoms with E-state index in [9.17, 15) is 10.2 Å². The van der Waals surface area contributed by atoms with Crippen LogP contribution in [0, 0.1) is 0 Å². The third-order valence-electron chi connectivity index (χ3n) is 3.64. The molecule has 10 heteroatoms. The second kappa shape index (κ2) is 6.08. The normalized spacial score (nSPS) is 27.6. The molecule has 1 aliphatic rings. The first-order valence-electron chi connectivity index (χ1n) is 6.99. The number of aliphatic hydroxyl groups is 2. The minimum atomic E-state index is -1.01. The van der Waals surface area contributed by atoms with Crippen molar-refractivity contribution in [2.75, 3.05) is 24.7 Å². The van der Waals surface area contributed by atoms with Gasteiger partial charge in [-0.15, -0.1) is 6.58 Å². The minimum absolute atomic E-state index is 0.00226. The molecule has 124 valence electrons. The van der Waals surface area contributed by atoms with Crippen LogP contribution in [-0.4, -0.2) is 61.3 Å². The number of fused-ring (bicyclic) bond motifs is 1. The number of aromatic nitrogens is 4. The van der Waals surface area contributed by atoms with E-state index in [-0.39, 0.29) is 25.0 Å². The Labute approximate surface area is 131 Å². The highest BCUT2D eigenvalue weighted by atomic mass is 16.6. The average Bonchev–Trinajstić information content (AvgIpc) is 3.06. The van der Waals surface area contributed by atoms with E-state index in [1.165, 1.54) is 6.33 Å². The number of nitrogen functional groups attached to an aromatic ring is 2. The second-order valence-corrected chi connectivity index (χ2v) is 5.12. The third kappa shape index (κ3) is 2.61. The average molecular weight is 322 g/mol. The van der Waals surface area contributed by atoms with E-state index in [4.69, 9.17) is 20.9 Å². The lowest BCUT2D eigenvalue weighted by molar-refractivity contribution is -0.0645. The highest BCUT2D eigenvalue weighted by Crippen LogP contribution is 2.34. The molecule has 1 saturated heterocycles. The van der Waals surface area contributed by atoms with Crippen molar-refractivity contribution in [3.63, 3.8) is 0 Å². The van der Waals surface area contributed by atoms with Crippen molar-refractivity contribution in [1.29, 1.82) is 0 Å². The van der Waals surface area contributed by atoms with Crippen LogP contribution in [0.4, 0.5) is 11.8 Å². The van der Waals surface area contributed by atoms with Crippen LogP contribution >= 0.6 is 0 Å². The summed E-state index contributed by atoms with van der Waals surface area (Å²) < 4.78 is 12.8. The zero-order chi connectivity index (χ0) is 16.6. The molecule has 0 aromatic carbocycles. The molecule has 3 rings (SSSR count). The molecule has 1 fully saturated rings. The molecule has 3 heterocycles. The van der Waals surface area contributed by atoms with Gasteiger partial charge in [-0.05, 0) is 0 Å². The Bertz CT molecular complexity index is 720. The molecule has 23 heavy (non-hydrogen) atoms. The molecule has 0 amide bonds. The molecule has 0 spiro atoms. The number of hydrogen-bond acceptors (Lipinski definition) is 9. The summed E-state index contributed by atoms with van der Waals surface area (Å²) in [5, 5.41) is 19.6. The lowest BCUT2D eigenvalue weighted by Crippen LogP contribution is -2.35. The summed E-state index contributed by atoms with van der Waals surface area (Å²) in [4.78, 5) is 12.1. The summed E-state index contributed by atoms with van der Waals surface area (Å²) in [5.41, 5.74) is 12.1. The Morgan fingerprint density at radius 3 is 2.91 bits per heavy atom. The van der Waals surface area contributed by atoms with Crippen molar-refractivity contribution >= 4 is 22.9 Å². The van der Waals surface area contributed by atoms with E-state index in [1.54, 1.807) is 10.6 Å². The van der Waals surface area contributed by atoms with Gasteiger partial charge in [0.1, 0.15) is 23.8 Å². The van der Waals surface area contributed by atoms with Crippen LogP contribution in [0.5, 0.6) is 0 Å². The quantitative estimate of drug-likeness (QED) is 0.497. The summed E-state index contributed by atoms with van der Waals surface area (Å²) in [6, 6.07) is 0. The number of rotatable bonds is 5. The van der Waals surface area contributed by atoms with Crippen LogP contribution < -0.4 is 11.5 Å². The molecular formula is C13H18N6O4. The van der Waals surface area contributed by atoms with Crippen molar-refractivity contribution in [2.24, 2.45) is 0 Å².